The van der Waals surface area contributed by atoms with E-state index in [0.717, 1.165) is 30.6 Å². The zero-order chi connectivity index (χ0) is 23.0. The summed E-state index contributed by atoms with van der Waals surface area (Å²) in [6, 6.07) is 8.32. The van der Waals surface area contributed by atoms with Gasteiger partial charge in [-0.3, -0.25) is 4.98 Å². The quantitative estimate of drug-likeness (QED) is 0.561. The zero-order valence-corrected chi connectivity index (χ0v) is 19.6. The van der Waals surface area contributed by atoms with Gasteiger partial charge in [0, 0.05) is 50.3 Å². The highest BCUT2D eigenvalue weighted by atomic mass is 32.2. The van der Waals surface area contributed by atoms with Gasteiger partial charge in [-0.05, 0) is 36.6 Å². The minimum absolute atomic E-state index is 0.170. The van der Waals surface area contributed by atoms with E-state index in [1.807, 2.05) is 6.07 Å². The second-order valence-corrected chi connectivity index (χ2v) is 10.5. The van der Waals surface area contributed by atoms with Crippen LogP contribution >= 0.6 is 0 Å². The van der Waals surface area contributed by atoms with Crippen molar-refractivity contribution in [3.63, 3.8) is 0 Å². The normalized spacial score (nSPS) is 19.5. The summed E-state index contributed by atoms with van der Waals surface area (Å²) in [5.41, 5.74) is 5.58. The Morgan fingerprint density at radius 1 is 1.18 bits per heavy atom. The van der Waals surface area contributed by atoms with Gasteiger partial charge >= 0.3 is 0 Å². The van der Waals surface area contributed by atoms with E-state index in [0.29, 0.717) is 30.1 Å². The Kier molecular flexibility index (Phi) is 5.90. The van der Waals surface area contributed by atoms with Crippen molar-refractivity contribution in [1.82, 2.24) is 19.3 Å². The molecule has 0 N–H and O–H groups in total. The van der Waals surface area contributed by atoms with Crippen molar-refractivity contribution < 1.29 is 17.9 Å². The Balaban J connectivity index is 1.43. The summed E-state index contributed by atoms with van der Waals surface area (Å²) in [7, 11) is -1.16. The molecule has 0 spiro atoms. The molecule has 3 aromatic rings. The number of pyridine rings is 1. The minimum atomic E-state index is -3.27. The maximum atomic E-state index is 11.9. The Bertz CT molecular complexity index is 1280. The molecule has 1 saturated heterocycles. The summed E-state index contributed by atoms with van der Waals surface area (Å²) in [6.07, 6.45) is 6.25. The number of rotatable bonds is 5. The molecular formula is C23H27N5O4S. The number of fused-ring (bicyclic) bond motifs is 2. The molecule has 5 rings (SSSR count). The van der Waals surface area contributed by atoms with Crippen molar-refractivity contribution >= 4 is 26.7 Å². The topological polar surface area (TPSA) is 97.8 Å². The molecule has 0 amide bonds. The highest BCUT2D eigenvalue weighted by molar-refractivity contribution is 7.88. The number of aryl methyl sites for hydroxylation is 1. The second-order valence-electron chi connectivity index (χ2n) is 8.53. The van der Waals surface area contributed by atoms with Gasteiger partial charge in [0.25, 0.3) is 0 Å². The van der Waals surface area contributed by atoms with E-state index >= 15 is 0 Å². The van der Waals surface area contributed by atoms with Crippen LogP contribution in [0.4, 0.5) is 5.69 Å². The van der Waals surface area contributed by atoms with Crippen LogP contribution in [-0.4, -0.2) is 79.9 Å². The van der Waals surface area contributed by atoms with Crippen molar-refractivity contribution in [2.24, 2.45) is 0 Å². The van der Waals surface area contributed by atoms with Crippen molar-refractivity contribution in [3.8, 4) is 17.1 Å². The molecule has 174 valence electrons. The highest BCUT2D eigenvalue weighted by Gasteiger charge is 2.27. The van der Waals surface area contributed by atoms with Crippen LogP contribution in [0.2, 0.25) is 0 Å². The van der Waals surface area contributed by atoms with Gasteiger partial charge in [0.1, 0.15) is 12.7 Å². The molecule has 9 nitrogen and oxygen atoms in total. The fraction of sp³-hybridized carbons (Fsp3) is 0.435. The lowest BCUT2D eigenvalue weighted by molar-refractivity contribution is -0.0252. The molecule has 0 saturated carbocycles. The fourth-order valence-corrected chi connectivity index (χ4v) is 5.25. The van der Waals surface area contributed by atoms with E-state index in [2.05, 4.69) is 40.1 Å². The summed E-state index contributed by atoms with van der Waals surface area (Å²) in [5.74, 6) is 0.366. The average molecular weight is 470 g/mol. The van der Waals surface area contributed by atoms with Crippen LogP contribution in [0.5, 0.6) is 5.88 Å². The van der Waals surface area contributed by atoms with Crippen molar-refractivity contribution in [2.45, 2.75) is 18.9 Å². The molecule has 2 aliphatic heterocycles. The Morgan fingerprint density at radius 2 is 2.03 bits per heavy atom. The minimum Gasteiger partial charge on any atom is -0.473 e. The van der Waals surface area contributed by atoms with Gasteiger partial charge in [0.05, 0.1) is 24.1 Å². The van der Waals surface area contributed by atoms with Crippen LogP contribution in [0.1, 0.15) is 12.0 Å². The molecule has 10 heteroatoms. The maximum Gasteiger partial charge on any atom is 0.242 e. The molecule has 2 aromatic heterocycles. The standard InChI is InChI=1S/C23H27N5O4S/c1-27-9-3-4-17-12-16(5-6-21(17)27)19-13-20-22(25-8-7-24-20)23(26-19)32-15-18-14-28(10-11-31-18)33(2,29)30/h5-8,12-13,18H,3-4,9-11,14-15H2,1-2H3/t18-/m0/s1. The third kappa shape index (κ3) is 4.64. The van der Waals surface area contributed by atoms with Crippen LogP contribution in [-0.2, 0) is 21.2 Å². The van der Waals surface area contributed by atoms with Crippen LogP contribution < -0.4 is 9.64 Å². The van der Waals surface area contributed by atoms with Crippen LogP contribution in [0.3, 0.4) is 0 Å². The summed E-state index contributed by atoms with van der Waals surface area (Å²) in [6.45, 7) is 2.17. The zero-order valence-electron chi connectivity index (χ0n) is 18.8. The first-order chi connectivity index (χ1) is 15.9. The number of benzene rings is 1. The summed E-state index contributed by atoms with van der Waals surface area (Å²) in [4.78, 5) is 15.9. The van der Waals surface area contributed by atoms with Gasteiger partial charge in [0.2, 0.25) is 15.9 Å². The molecule has 4 heterocycles. The van der Waals surface area contributed by atoms with Crippen molar-refractivity contribution in [1.29, 1.82) is 0 Å². The van der Waals surface area contributed by atoms with Gasteiger partial charge in [-0.25, -0.2) is 18.4 Å². The predicted molar refractivity (Wildman–Crippen MR) is 126 cm³/mol. The molecular weight excluding hydrogens is 442 g/mol. The maximum absolute atomic E-state index is 11.9. The Morgan fingerprint density at radius 3 is 2.88 bits per heavy atom. The number of morpholine rings is 1. The SMILES string of the molecule is CN1CCCc2cc(-c3cc4nccnc4c(OC[C@@H]4CN(S(C)(=O)=O)CCO4)n3)ccc21. The van der Waals surface area contributed by atoms with Gasteiger partial charge in [0.15, 0.2) is 5.52 Å². The molecule has 1 fully saturated rings. The van der Waals surface area contributed by atoms with Crippen LogP contribution in [0.15, 0.2) is 36.7 Å². The van der Waals surface area contributed by atoms with Crippen molar-refractivity contribution in [2.75, 3.05) is 51.1 Å². The molecule has 1 atom stereocenters. The number of ether oxygens (including phenoxy) is 2. The Hall–Kier alpha value is -2.82. The first-order valence-electron chi connectivity index (χ1n) is 11.0. The van der Waals surface area contributed by atoms with Gasteiger partial charge in [-0.1, -0.05) is 6.07 Å². The summed E-state index contributed by atoms with van der Waals surface area (Å²) >= 11 is 0. The number of nitrogens with zero attached hydrogens (tertiary/aromatic N) is 5. The number of hydrogen-bond acceptors (Lipinski definition) is 8. The van der Waals surface area contributed by atoms with E-state index < -0.39 is 10.0 Å². The first kappa shape index (κ1) is 22.0. The third-order valence-corrected chi connectivity index (χ3v) is 7.40. The molecule has 1 aromatic carbocycles. The van der Waals surface area contributed by atoms with Gasteiger partial charge in [-0.15, -0.1) is 0 Å². The molecule has 0 radical (unpaired) electrons. The van der Waals surface area contributed by atoms with Crippen LogP contribution in [0.25, 0.3) is 22.3 Å². The molecule has 2 aliphatic rings. The Labute approximate surface area is 193 Å². The highest BCUT2D eigenvalue weighted by Crippen LogP contribution is 2.32. The number of hydrogen-bond donors (Lipinski definition) is 0. The molecule has 0 unspecified atom stereocenters. The number of anilines is 1. The lowest BCUT2D eigenvalue weighted by atomic mass is 9.98. The van der Waals surface area contributed by atoms with E-state index in [4.69, 9.17) is 14.5 Å². The lowest BCUT2D eigenvalue weighted by Crippen LogP contribution is -2.47. The van der Waals surface area contributed by atoms with E-state index in [1.54, 1.807) is 12.4 Å². The monoisotopic (exact) mass is 469 g/mol. The van der Waals surface area contributed by atoms with Gasteiger partial charge < -0.3 is 14.4 Å². The van der Waals surface area contributed by atoms with Gasteiger partial charge in [-0.2, -0.15) is 4.31 Å². The lowest BCUT2D eigenvalue weighted by Gasteiger charge is -2.30. The largest absolute Gasteiger partial charge is 0.473 e. The van der Waals surface area contributed by atoms with E-state index in [9.17, 15) is 8.42 Å². The summed E-state index contributed by atoms with van der Waals surface area (Å²) < 4.78 is 37.0. The van der Waals surface area contributed by atoms with Crippen molar-refractivity contribution in [3.05, 3.63) is 42.2 Å². The first-order valence-corrected chi connectivity index (χ1v) is 12.9. The molecule has 0 bridgehead atoms. The second kappa shape index (κ2) is 8.85. The molecule has 0 aliphatic carbocycles. The third-order valence-electron chi connectivity index (χ3n) is 6.13. The predicted octanol–water partition coefficient (Wildman–Crippen LogP) is 2.11. The van der Waals surface area contributed by atoms with Crippen LogP contribution in [0, 0.1) is 0 Å². The molecule has 33 heavy (non-hydrogen) atoms. The fourth-order valence-electron chi connectivity index (χ4n) is 4.40. The average Bonchev–Trinajstić information content (AvgIpc) is 2.82. The number of sulfonamides is 1. The van der Waals surface area contributed by atoms with E-state index in [-0.39, 0.29) is 19.3 Å². The van der Waals surface area contributed by atoms with E-state index in [1.165, 1.54) is 21.8 Å². The summed E-state index contributed by atoms with van der Waals surface area (Å²) in [5, 5.41) is 0. The smallest absolute Gasteiger partial charge is 0.242 e. The number of aromatic nitrogens is 3.